The van der Waals surface area contributed by atoms with Crippen molar-refractivity contribution in [3.63, 3.8) is 0 Å². The average Bonchev–Trinajstić information content (AvgIpc) is 2.91. The SMILES string of the molecule is CO[C@@H]1S[C@H](COCc2ccccc2)[C@@H](OCc2ccccc2)[C@]1(C)O. The second-order valence-corrected chi connectivity index (χ2v) is 7.99. The lowest BCUT2D eigenvalue weighted by Gasteiger charge is -2.30. The Bertz CT molecular complexity index is 662. The summed E-state index contributed by atoms with van der Waals surface area (Å²) in [6.07, 6.45) is -0.367. The van der Waals surface area contributed by atoms with Gasteiger partial charge in [0.25, 0.3) is 0 Å². The van der Waals surface area contributed by atoms with Crippen molar-refractivity contribution in [2.45, 2.75) is 42.5 Å². The Balaban J connectivity index is 1.61. The minimum absolute atomic E-state index is 0.00220. The number of ether oxygens (including phenoxy) is 3. The van der Waals surface area contributed by atoms with E-state index in [4.69, 9.17) is 14.2 Å². The van der Waals surface area contributed by atoms with E-state index in [0.717, 1.165) is 11.1 Å². The number of hydrogen-bond acceptors (Lipinski definition) is 5. The van der Waals surface area contributed by atoms with Crippen LogP contribution < -0.4 is 0 Å². The smallest absolute Gasteiger partial charge is 0.134 e. The molecule has 140 valence electrons. The van der Waals surface area contributed by atoms with Crippen LogP contribution >= 0.6 is 11.8 Å². The van der Waals surface area contributed by atoms with Gasteiger partial charge in [0, 0.05) is 7.11 Å². The molecule has 26 heavy (non-hydrogen) atoms. The lowest BCUT2D eigenvalue weighted by molar-refractivity contribution is -0.136. The molecule has 0 unspecified atom stereocenters. The van der Waals surface area contributed by atoms with Crippen LogP contribution in [0.25, 0.3) is 0 Å². The van der Waals surface area contributed by atoms with Gasteiger partial charge in [0.2, 0.25) is 0 Å². The summed E-state index contributed by atoms with van der Waals surface area (Å²) in [5.41, 5.74) is 0.800. The van der Waals surface area contributed by atoms with Gasteiger partial charge >= 0.3 is 0 Å². The monoisotopic (exact) mass is 374 g/mol. The quantitative estimate of drug-likeness (QED) is 0.765. The van der Waals surface area contributed by atoms with Gasteiger partial charge in [0.1, 0.15) is 17.1 Å². The first-order chi connectivity index (χ1) is 12.6. The number of methoxy groups -OCH3 is 1. The van der Waals surface area contributed by atoms with Gasteiger partial charge in [0.05, 0.1) is 25.1 Å². The Labute approximate surface area is 159 Å². The molecule has 2 aromatic rings. The molecule has 1 aliphatic rings. The molecule has 1 saturated heterocycles. The Morgan fingerprint density at radius 1 is 0.962 bits per heavy atom. The molecule has 0 spiro atoms. The van der Waals surface area contributed by atoms with Crippen molar-refractivity contribution in [2.24, 2.45) is 0 Å². The number of aliphatic hydroxyl groups is 1. The predicted octanol–water partition coefficient (Wildman–Crippen LogP) is 3.63. The fourth-order valence-corrected chi connectivity index (χ4v) is 4.71. The first-order valence-corrected chi connectivity index (χ1v) is 9.73. The third kappa shape index (κ3) is 4.67. The number of benzene rings is 2. The summed E-state index contributed by atoms with van der Waals surface area (Å²) in [6, 6.07) is 20.1. The van der Waals surface area contributed by atoms with Gasteiger partial charge in [-0.3, -0.25) is 0 Å². The highest BCUT2D eigenvalue weighted by atomic mass is 32.2. The molecule has 0 radical (unpaired) electrons. The van der Waals surface area contributed by atoms with Crippen molar-refractivity contribution >= 4 is 11.8 Å². The first kappa shape index (κ1) is 19.4. The van der Waals surface area contributed by atoms with Crippen LogP contribution in [0.4, 0.5) is 0 Å². The topological polar surface area (TPSA) is 47.9 Å². The lowest BCUT2D eigenvalue weighted by atomic mass is 9.97. The van der Waals surface area contributed by atoms with Gasteiger partial charge in [-0.25, -0.2) is 0 Å². The second kappa shape index (κ2) is 9.02. The van der Waals surface area contributed by atoms with Crippen LogP contribution in [-0.2, 0) is 27.4 Å². The standard InChI is InChI=1S/C21H26O4S/c1-21(22)19(25-14-17-11-7-4-8-12-17)18(26-20(21)23-2)15-24-13-16-9-5-3-6-10-16/h3-12,18-20,22H,13-15H2,1-2H3/t18-,19-,20-,21+/m1/s1. The summed E-state index contributed by atoms with van der Waals surface area (Å²) in [6.45, 7) is 3.27. The molecule has 0 bridgehead atoms. The molecular weight excluding hydrogens is 348 g/mol. The summed E-state index contributed by atoms with van der Waals surface area (Å²) in [5, 5.41) is 11.0. The van der Waals surface area contributed by atoms with Crippen LogP contribution in [-0.4, -0.2) is 41.2 Å². The zero-order valence-corrected chi connectivity index (χ0v) is 16.0. The minimum Gasteiger partial charge on any atom is -0.384 e. The molecule has 1 aliphatic heterocycles. The highest BCUT2D eigenvalue weighted by Gasteiger charge is 2.53. The molecule has 4 nitrogen and oxygen atoms in total. The van der Waals surface area contributed by atoms with Gasteiger partial charge in [0.15, 0.2) is 0 Å². The Morgan fingerprint density at radius 3 is 2.12 bits per heavy atom. The maximum Gasteiger partial charge on any atom is 0.134 e. The molecule has 5 heteroatoms. The summed E-state index contributed by atoms with van der Waals surface area (Å²) in [7, 11) is 1.62. The van der Waals surface area contributed by atoms with Crippen molar-refractivity contribution in [3.8, 4) is 0 Å². The molecule has 0 aromatic heterocycles. The van der Waals surface area contributed by atoms with Crippen LogP contribution in [0, 0.1) is 0 Å². The number of hydrogen-bond donors (Lipinski definition) is 1. The van der Waals surface area contributed by atoms with E-state index >= 15 is 0 Å². The van der Waals surface area contributed by atoms with Crippen molar-refractivity contribution in [1.29, 1.82) is 0 Å². The Hall–Kier alpha value is -1.37. The van der Waals surface area contributed by atoms with E-state index in [9.17, 15) is 5.11 Å². The van der Waals surface area contributed by atoms with Crippen molar-refractivity contribution < 1.29 is 19.3 Å². The molecule has 2 aromatic carbocycles. The van der Waals surface area contributed by atoms with Crippen molar-refractivity contribution in [1.82, 2.24) is 0 Å². The summed E-state index contributed by atoms with van der Waals surface area (Å²) < 4.78 is 17.5. The Kier molecular flexibility index (Phi) is 6.73. The fraction of sp³-hybridized carbons (Fsp3) is 0.429. The lowest BCUT2D eigenvalue weighted by Crippen LogP contribution is -2.48. The molecule has 0 amide bonds. The molecule has 0 saturated carbocycles. The van der Waals surface area contributed by atoms with Crippen LogP contribution in [0.3, 0.4) is 0 Å². The highest BCUT2D eigenvalue weighted by Crippen LogP contribution is 2.44. The normalized spacial score (nSPS) is 28.3. The molecule has 0 aliphatic carbocycles. The molecule has 1 heterocycles. The third-order valence-electron chi connectivity index (χ3n) is 4.57. The van der Waals surface area contributed by atoms with E-state index in [1.807, 2.05) is 60.7 Å². The third-order valence-corrected chi connectivity index (χ3v) is 6.22. The van der Waals surface area contributed by atoms with E-state index < -0.39 is 5.60 Å². The van der Waals surface area contributed by atoms with Gasteiger partial charge in [-0.2, -0.15) is 0 Å². The van der Waals surface area contributed by atoms with Gasteiger partial charge in [-0.05, 0) is 18.1 Å². The van der Waals surface area contributed by atoms with Crippen LogP contribution in [0.2, 0.25) is 0 Å². The molecule has 3 rings (SSSR count). The van der Waals surface area contributed by atoms with E-state index in [-0.39, 0.29) is 16.8 Å². The van der Waals surface area contributed by atoms with Crippen LogP contribution in [0.15, 0.2) is 60.7 Å². The summed E-state index contributed by atoms with van der Waals surface area (Å²) >= 11 is 1.57. The highest BCUT2D eigenvalue weighted by molar-refractivity contribution is 8.00. The van der Waals surface area contributed by atoms with Gasteiger partial charge < -0.3 is 19.3 Å². The fourth-order valence-electron chi connectivity index (χ4n) is 3.20. The Morgan fingerprint density at radius 2 is 1.54 bits per heavy atom. The zero-order chi connectivity index (χ0) is 18.4. The van der Waals surface area contributed by atoms with Crippen molar-refractivity contribution in [3.05, 3.63) is 71.8 Å². The maximum absolute atomic E-state index is 11.0. The van der Waals surface area contributed by atoms with Crippen LogP contribution in [0.1, 0.15) is 18.1 Å². The molecule has 4 atom stereocenters. The number of thioether (sulfide) groups is 1. The second-order valence-electron chi connectivity index (χ2n) is 6.69. The van der Waals surface area contributed by atoms with Crippen molar-refractivity contribution in [2.75, 3.05) is 13.7 Å². The minimum atomic E-state index is -1.07. The van der Waals surface area contributed by atoms with E-state index in [1.54, 1.807) is 25.8 Å². The zero-order valence-electron chi connectivity index (χ0n) is 15.2. The summed E-state index contributed by atoms with van der Waals surface area (Å²) in [5.74, 6) is 0. The maximum atomic E-state index is 11.0. The molecular formula is C21H26O4S. The van der Waals surface area contributed by atoms with E-state index in [0.29, 0.717) is 19.8 Å². The number of rotatable bonds is 8. The van der Waals surface area contributed by atoms with Crippen LogP contribution in [0.5, 0.6) is 0 Å². The van der Waals surface area contributed by atoms with Gasteiger partial charge in [-0.1, -0.05) is 60.7 Å². The molecule has 1 N–H and O–H groups in total. The predicted molar refractivity (Wildman–Crippen MR) is 104 cm³/mol. The molecule has 1 fully saturated rings. The average molecular weight is 375 g/mol. The van der Waals surface area contributed by atoms with Gasteiger partial charge in [-0.15, -0.1) is 11.8 Å². The largest absolute Gasteiger partial charge is 0.384 e. The van der Waals surface area contributed by atoms with E-state index in [2.05, 4.69) is 0 Å². The first-order valence-electron chi connectivity index (χ1n) is 8.79. The summed E-state index contributed by atoms with van der Waals surface area (Å²) in [4.78, 5) is 0. The van der Waals surface area contributed by atoms with E-state index in [1.165, 1.54) is 0 Å².